The lowest BCUT2D eigenvalue weighted by Gasteiger charge is -2.07. The molecule has 0 bridgehead atoms. The van der Waals surface area contributed by atoms with Gasteiger partial charge >= 0.3 is 0 Å². The first-order valence-corrected chi connectivity index (χ1v) is 6.58. The Balaban J connectivity index is 2.81. The summed E-state index contributed by atoms with van der Waals surface area (Å²) in [5, 5.41) is 3.38. The van der Waals surface area contributed by atoms with Gasteiger partial charge in [0.05, 0.1) is 11.0 Å². The van der Waals surface area contributed by atoms with Gasteiger partial charge in [-0.15, -0.1) is 0 Å². The van der Waals surface area contributed by atoms with Crippen LogP contribution >= 0.6 is 0 Å². The summed E-state index contributed by atoms with van der Waals surface area (Å²) in [5.41, 5.74) is 1.54. The Hall–Kier alpha value is -1.36. The number of nitrogens with zero attached hydrogens (tertiary/aromatic N) is 1. The summed E-state index contributed by atoms with van der Waals surface area (Å²) in [7, 11) is -3.34. The Labute approximate surface area is 96.4 Å². The molecule has 0 radical (unpaired) electrons. The lowest BCUT2D eigenvalue weighted by atomic mass is 10.1. The molecule has 0 saturated carbocycles. The highest BCUT2D eigenvalue weighted by Crippen LogP contribution is 2.01. The second kappa shape index (κ2) is 5.12. The number of hydrogen-bond acceptors (Lipinski definition) is 3. The van der Waals surface area contributed by atoms with Crippen molar-refractivity contribution in [3.8, 4) is 0 Å². The van der Waals surface area contributed by atoms with Crippen molar-refractivity contribution in [2.45, 2.75) is 26.0 Å². The predicted molar refractivity (Wildman–Crippen MR) is 65.8 cm³/mol. The van der Waals surface area contributed by atoms with E-state index in [2.05, 4.69) is 9.93 Å². The molecule has 0 heterocycles. The molecule has 0 aliphatic heterocycles. The van der Waals surface area contributed by atoms with E-state index in [0.29, 0.717) is 5.71 Å². The molecule has 0 unspecified atom stereocenters. The van der Waals surface area contributed by atoms with Gasteiger partial charge in [-0.1, -0.05) is 30.3 Å². The monoisotopic (exact) mass is 240 g/mol. The highest BCUT2D eigenvalue weighted by atomic mass is 32.2. The van der Waals surface area contributed by atoms with Crippen LogP contribution in [0.3, 0.4) is 0 Å². The zero-order valence-electron chi connectivity index (χ0n) is 9.64. The molecule has 1 rings (SSSR count). The van der Waals surface area contributed by atoms with Crippen molar-refractivity contribution in [3.05, 3.63) is 35.9 Å². The Bertz CT molecular complexity index is 464. The van der Waals surface area contributed by atoms with E-state index in [0.717, 1.165) is 5.56 Å². The maximum atomic E-state index is 11.4. The van der Waals surface area contributed by atoms with Crippen LogP contribution in [0.1, 0.15) is 26.3 Å². The topological polar surface area (TPSA) is 58.5 Å². The molecule has 1 aromatic rings. The Kier molecular flexibility index (Phi) is 4.06. The van der Waals surface area contributed by atoms with Gasteiger partial charge in [-0.25, -0.2) is 13.2 Å². The maximum Gasteiger partial charge on any atom is 0.249 e. The first kappa shape index (κ1) is 12.7. The average Bonchev–Trinajstić information content (AvgIpc) is 2.27. The summed E-state index contributed by atoms with van der Waals surface area (Å²) in [4.78, 5) is 2.22. The summed E-state index contributed by atoms with van der Waals surface area (Å²) in [6.45, 7) is 4.98. The van der Waals surface area contributed by atoms with Gasteiger partial charge in [0.1, 0.15) is 0 Å². The molecule has 1 aromatic carbocycles. The molecule has 5 heteroatoms. The summed E-state index contributed by atoms with van der Waals surface area (Å²) < 4.78 is 22.9. The Morgan fingerprint density at radius 3 is 2.31 bits per heavy atom. The molecule has 88 valence electrons. The van der Waals surface area contributed by atoms with Crippen LogP contribution in [0, 0.1) is 0 Å². The zero-order chi connectivity index (χ0) is 12.2. The van der Waals surface area contributed by atoms with E-state index in [1.54, 1.807) is 20.8 Å². The van der Waals surface area contributed by atoms with E-state index >= 15 is 0 Å². The van der Waals surface area contributed by atoms with E-state index in [4.69, 9.17) is 0 Å². The number of nitrogens with one attached hydrogen (secondary N) is 1. The lowest BCUT2D eigenvalue weighted by Crippen LogP contribution is -2.27. The van der Waals surface area contributed by atoms with Crippen molar-refractivity contribution in [3.63, 3.8) is 0 Å². The van der Waals surface area contributed by atoms with Crippen LogP contribution in [0.2, 0.25) is 0 Å². The van der Waals surface area contributed by atoms with Gasteiger partial charge in [-0.3, -0.25) is 0 Å². The summed E-state index contributed by atoms with van der Waals surface area (Å²) in [5.74, 6) is 0. The van der Waals surface area contributed by atoms with Crippen LogP contribution in [0.5, 0.6) is 0 Å². The minimum absolute atomic E-state index is 0.486. The van der Waals surface area contributed by atoms with Gasteiger partial charge in [0.15, 0.2) is 0 Å². The number of hydrazone groups is 1. The Morgan fingerprint density at radius 2 is 1.81 bits per heavy atom. The second-order valence-corrected chi connectivity index (χ2v) is 5.96. The molecule has 0 fully saturated rings. The third-order valence-corrected chi connectivity index (χ3v) is 3.74. The van der Waals surface area contributed by atoms with Gasteiger partial charge in [0.2, 0.25) is 10.0 Å². The quantitative estimate of drug-likeness (QED) is 0.643. The van der Waals surface area contributed by atoms with E-state index in [1.165, 1.54) is 0 Å². The number of benzene rings is 1. The molecule has 0 amide bonds. The summed E-state index contributed by atoms with van der Waals surface area (Å²) >= 11 is 0. The van der Waals surface area contributed by atoms with Crippen molar-refractivity contribution in [2.75, 3.05) is 0 Å². The maximum absolute atomic E-state index is 11.4. The van der Waals surface area contributed by atoms with Crippen molar-refractivity contribution in [1.29, 1.82) is 0 Å². The van der Waals surface area contributed by atoms with Crippen LogP contribution in [0.25, 0.3) is 0 Å². The molecule has 0 spiro atoms. The minimum Gasteiger partial charge on any atom is -0.205 e. The van der Waals surface area contributed by atoms with Crippen molar-refractivity contribution >= 4 is 15.7 Å². The molecule has 1 N–H and O–H groups in total. The molecule has 16 heavy (non-hydrogen) atoms. The van der Waals surface area contributed by atoms with Gasteiger partial charge in [0.25, 0.3) is 0 Å². The molecule has 4 nitrogen and oxygen atoms in total. The second-order valence-electron chi connectivity index (χ2n) is 3.75. The van der Waals surface area contributed by atoms with Gasteiger partial charge < -0.3 is 0 Å². The minimum atomic E-state index is -3.34. The highest BCUT2D eigenvalue weighted by Gasteiger charge is 2.14. The summed E-state index contributed by atoms with van der Waals surface area (Å²) in [6.07, 6.45) is 0. The molecule has 0 aliphatic rings. The zero-order valence-corrected chi connectivity index (χ0v) is 10.5. The van der Waals surface area contributed by atoms with E-state index in [-0.39, 0.29) is 0 Å². The standard InChI is InChI=1S/C11H16N2O2S/c1-9(2)16(14,15)13-12-10(3)11-7-5-4-6-8-11/h4-9,13H,1-3H3/b12-10+. The van der Waals surface area contributed by atoms with E-state index in [9.17, 15) is 8.42 Å². The smallest absolute Gasteiger partial charge is 0.205 e. The molecule has 0 aliphatic carbocycles. The SMILES string of the molecule is C/C(=N\NS(=O)(=O)C(C)C)c1ccccc1. The van der Waals surface area contributed by atoms with Crippen LogP contribution < -0.4 is 4.83 Å². The third-order valence-electron chi connectivity index (χ3n) is 2.15. The molecule has 0 atom stereocenters. The van der Waals surface area contributed by atoms with Gasteiger partial charge in [-0.2, -0.15) is 5.10 Å². The van der Waals surface area contributed by atoms with Gasteiger partial charge in [-0.05, 0) is 26.3 Å². The Morgan fingerprint density at radius 1 is 1.25 bits per heavy atom. The first-order chi connectivity index (χ1) is 7.43. The number of sulfonamides is 1. The number of hydrogen-bond donors (Lipinski definition) is 1. The average molecular weight is 240 g/mol. The van der Waals surface area contributed by atoms with Crippen LogP contribution in [-0.4, -0.2) is 19.4 Å². The first-order valence-electron chi connectivity index (χ1n) is 5.04. The normalized spacial score (nSPS) is 12.9. The van der Waals surface area contributed by atoms with E-state index in [1.807, 2.05) is 30.3 Å². The highest BCUT2D eigenvalue weighted by molar-refractivity contribution is 7.90. The lowest BCUT2D eigenvalue weighted by molar-refractivity contribution is 0.575. The third kappa shape index (κ3) is 3.34. The largest absolute Gasteiger partial charge is 0.249 e. The fourth-order valence-corrected chi connectivity index (χ4v) is 1.46. The van der Waals surface area contributed by atoms with Crippen molar-refractivity contribution < 1.29 is 8.42 Å². The fraction of sp³-hybridized carbons (Fsp3) is 0.364. The fourth-order valence-electron chi connectivity index (χ4n) is 0.981. The number of rotatable bonds is 4. The van der Waals surface area contributed by atoms with Gasteiger partial charge in [0, 0.05) is 0 Å². The molecule has 0 aromatic heterocycles. The van der Waals surface area contributed by atoms with Crippen molar-refractivity contribution in [2.24, 2.45) is 5.10 Å². The molecular formula is C11H16N2O2S. The van der Waals surface area contributed by atoms with Crippen LogP contribution in [0.4, 0.5) is 0 Å². The van der Waals surface area contributed by atoms with Crippen molar-refractivity contribution in [1.82, 2.24) is 4.83 Å². The summed E-state index contributed by atoms with van der Waals surface area (Å²) in [6, 6.07) is 9.41. The van der Waals surface area contributed by atoms with Crippen LogP contribution in [0.15, 0.2) is 35.4 Å². The van der Waals surface area contributed by atoms with Crippen LogP contribution in [-0.2, 0) is 10.0 Å². The predicted octanol–water partition coefficient (Wildman–Crippen LogP) is 1.74. The molecule has 0 saturated heterocycles. The molecular weight excluding hydrogens is 224 g/mol. The van der Waals surface area contributed by atoms with E-state index < -0.39 is 15.3 Å².